The van der Waals surface area contributed by atoms with Crippen molar-refractivity contribution in [1.82, 2.24) is 14.7 Å². The highest BCUT2D eigenvalue weighted by atomic mass is 79.9. The van der Waals surface area contributed by atoms with Crippen LogP contribution in [0.5, 0.6) is 0 Å². The summed E-state index contributed by atoms with van der Waals surface area (Å²) >= 11 is 3.33. The fourth-order valence-corrected chi connectivity index (χ4v) is 4.51. The lowest BCUT2D eigenvalue weighted by Gasteiger charge is -2.23. The van der Waals surface area contributed by atoms with Crippen molar-refractivity contribution in [3.05, 3.63) is 69.2 Å². The minimum absolute atomic E-state index is 0.0389. The molecule has 2 aliphatic rings. The van der Waals surface area contributed by atoms with Crippen LogP contribution in [0.3, 0.4) is 0 Å². The van der Waals surface area contributed by atoms with Gasteiger partial charge in [-0.1, -0.05) is 28.1 Å². The SMILES string of the molecule is N#Cc1ccc(CN2CCCN(C(=O)CCN3C(=O)c4ccc(Br)cc4C3=O)CC2)cc1. The van der Waals surface area contributed by atoms with E-state index in [1.807, 2.05) is 29.2 Å². The van der Waals surface area contributed by atoms with E-state index in [-0.39, 0.29) is 30.7 Å². The van der Waals surface area contributed by atoms with E-state index in [0.29, 0.717) is 29.8 Å². The number of nitriles is 1. The lowest BCUT2D eigenvalue weighted by atomic mass is 10.1. The first-order chi connectivity index (χ1) is 15.5. The Labute approximate surface area is 195 Å². The largest absolute Gasteiger partial charge is 0.341 e. The lowest BCUT2D eigenvalue weighted by Crippen LogP contribution is -2.38. The van der Waals surface area contributed by atoms with E-state index in [1.54, 1.807) is 18.2 Å². The molecule has 32 heavy (non-hydrogen) atoms. The molecule has 164 valence electrons. The molecule has 4 rings (SSSR count). The number of fused-ring (bicyclic) bond motifs is 1. The minimum atomic E-state index is -0.344. The first-order valence-corrected chi connectivity index (χ1v) is 11.4. The Morgan fingerprint density at radius 2 is 1.72 bits per heavy atom. The van der Waals surface area contributed by atoms with E-state index in [4.69, 9.17) is 5.26 Å². The fourth-order valence-electron chi connectivity index (χ4n) is 4.15. The second-order valence-electron chi connectivity index (χ2n) is 8.02. The zero-order chi connectivity index (χ0) is 22.7. The molecule has 0 aliphatic carbocycles. The van der Waals surface area contributed by atoms with Crippen LogP contribution in [0.25, 0.3) is 0 Å². The predicted molar refractivity (Wildman–Crippen MR) is 122 cm³/mol. The van der Waals surface area contributed by atoms with Crippen LogP contribution >= 0.6 is 15.9 Å². The highest BCUT2D eigenvalue weighted by Crippen LogP contribution is 2.26. The van der Waals surface area contributed by atoms with Gasteiger partial charge in [0.15, 0.2) is 0 Å². The molecule has 0 radical (unpaired) electrons. The molecule has 0 aromatic heterocycles. The summed E-state index contributed by atoms with van der Waals surface area (Å²) in [5.41, 5.74) is 2.55. The number of carbonyl (C=O) groups is 3. The van der Waals surface area contributed by atoms with Crippen LogP contribution in [0.4, 0.5) is 0 Å². The molecule has 0 bridgehead atoms. The van der Waals surface area contributed by atoms with Gasteiger partial charge in [-0.15, -0.1) is 0 Å². The first kappa shape index (κ1) is 22.2. The predicted octanol–water partition coefficient (Wildman–Crippen LogP) is 3.04. The quantitative estimate of drug-likeness (QED) is 0.596. The summed E-state index contributed by atoms with van der Waals surface area (Å²) in [4.78, 5) is 43.3. The molecule has 3 amide bonds. The summed E-state index contributed by atoms with van der Waals surface area (Å²) in [5, 5.41) is 8.93. The molecule has 0 spiro atoms. The van der Waals surface area contributed by atoms with E-state index >= 15 is 0 Å². The number of nitrogens with zero attached hydrogens (tertiary/aromatic N) is 4. The molecular weight excluding hydrogens is 472 g/mol. The van der Waals surface area contributed by atoms with Gasteiger partial charge in [0.05, 0.1) is 22.8 Å². The third kappa shape index (κ3) is 4.74. The van der Waals surface area contributed by atoms with Gasteiger partial charge in [0.2, 0.25) is 5.91 Å². The summed E-state index contributed by atoms with van der Waals surface area (Å²) in [7, 11) is 0. The molecule has 1 saturated heterocycles. The molecule has 0 atom stereocenters. The second-order valence-corrected chi connectivity index (χ2v) is 8.94. The highest BCUT2D eigenvalue weighted by molar-refractivity contribution is 9.10. The molecule has 7 nitrogen and oxygen atoms in total. The van der Waals surface area contributed by atoms with E-state index < -0.39 is 0 Å². The topological polar surface area (TPSA) is 84.7 Å². The molecule has 2 heterocycles. The van der Waals surface area contributed by atoms with E-state index in [9.17, 15) is 14.4 Å². The average molecular weight is 495 g/mol. The lowest BCUT2D eigenvalue weighted by molar-refractivity contribution is -0.131. The fraction of sp³-hybridized carbons (Fsp3) is 0.333. The number of halogens is 1. The Bertz CT molecular complexity index is 1090. The van der Waals surface area contributed by atoms with Gasteiger partial charge in [-0.2, -0.15) is 5.26 Å². The van der Waals surface area contributed by atoms with Crippen molar-refractivity contribution in [3.63, 3.8) is 0 Å². The Balaban J connectivity index is 1.29. The number of benzene rings is 2. The number of hydrogen-bond acceptors (Lipinski definition) is 5. The Morgan fingerprint density at radius 3 is 2.47 bits per heavy atom. The summed E-state index contributed by atoms with van der Waals surface area (Å²) in [6.45, 7) is 3.79. The molecule has 1 fully saturated rings. The van der Waals surface area contributed by atoms with Gasteiger partial charge < -0.3 is 4.90 Å². The number of amides is 3. The summed E-state index contributed by atoms with van der Waals surface area (Å²) in [6, 6.07) is 14.7. The van der Waals surface area contributed by atoms with Crippen LogP contribution < -0.4 is 0 Å². The molecule has 0 N–H and O–H groups in total. The zero-order valence-corrected chi connectivity index (χ0v) is 19.2. The number of hydrogen-bond donors (Lipinski definition) is 0. The maximum Gasteiger partial charge on any atom is 0.261 e. The van der Waals surface area contributed by atoms with Crippen molar-refractivity contribution in [3.8, 4) is 6.07 Å². The monoisotopic (exact) mass is 494 g/mol. The van der Waals surface area contributed by atoms with Crippen LogP contribution in [0.2, 0.25) is 0 Å². The molecule has 0 saturated carbocycles. The van der Waals surface area contributed by atoms with Gasteiger partial charge in [-0.05, 0) is 42.3 Å². The van der Waals surface area contributed by atoms with Gasteiger partial charge in [-0.3, -0.25) is 24.2 Å². The highest BCUT2D eigenvalue weighted by Gasteiger charge is 2.35. The summed E-state index contributed by atoms with van der Waals surface area (Å²) in [5.74, 6) is -0.721. The molecule has 2 aromatic rings. The Morgan fingerprint density at radius 1 is 0.969 bits per heavy atom. The Hall–Kier alpha value is -3.02. The van der Waals surface area contributed by atoms with Crippen molar-refractivity contribution < 1.29 is 14.4 Å². The molecule has 2 aliphatic heterocycles. The third-order valence-electron chi connectivity index (χ3n) is 5.91. The second kappa shape index (κ2) is 9.63. The van der Waals surface area contributed by atoms with E-state index in [2.05, 4.69) is 26.9 Å². The van der Waals surface area contributed by atoms with Crippen molar-refractivity contribution >= 4 is 33.7 Å². The standard InChI is InChI=1S/C24H23BrN4O3/c25-19-6-7-20-21(14-19)24(32)29(23(20)31)11-8-22(30)28-10-1-9-27(12-13-28)16-18-4-2-17(15-26)3-5-18/h2-7,14H,1,8-13,16H2. The summed E-state index contributed by atoms with van der Waals surface area (Å²) < 4.78 is 0.741. The van der Waals surface area contributed by atoms with Crippen LogP contribution in [0.1, 0.15) is 44.7 Å². The van der Waals surface area contributed by atoms with Crippen molar-refractivity contribution in [1.29, 1.82) is 5.26 Å². The minimum Gasteiger partial charge on any atom is -0.341 e. The Kier molecular flexibility index (Phi) is 6.68. The van der Waals surface area contributed by atoms with Gasteiger partial charge >= 0.3 is 0 Å². The van der Waals surface area contributed by atoms with E-state index in [0.717, 1.165) is 36.1 Å². The maximum absolute atomic E-state index is 12.8. The van der Waals surface area contributed by atoms with Crippen molar-refractivity contribution in [2.75, 3.05) is 32.7 Å². The normalized spacial score (nSPS) is 16.6. The van der Waals surface area contributed by atoms with Crippen molar-refractivity contribution in [2.24, 2.45) is 0 Å². The smallest absolute Gasteiger partial charge is 0.261 e. The number of imide groups is 1. The summed E-state index contributed by atoms with van der Waals surface area (Å²) in [6.07, 6.45) is 0.991. The first-order valence-electron chi connectivity index (χ1n) is 10.6. The van der Waals surface area contributed by atoms with Crippen LogP contribution in [0.15, 0.2) is 46.9 Å². The number of rotatable bonds is 5. The molecular formula is C24H23BrN4O3. The van der Waals surface area contributed by atoms with Crippen LogP contribution in [-0.2, 0) is 11.3 Å². The van der Waals surface area contributed by atoms with Crippen LogP contribution in [0, 0.1) is 11.3 Å². The average Bonchev–Trinajstić information content (AvgIpc) is 2.94. The van der Waals surface area contributed by atoms with Gasteiger partial charge in [0.1, 0.15) is 0 Å². The van der Waals surface area contributed by atoms with E-state index in [1.165, 1.54) is 4.90 Å². The molecule has 2 aromatic carbocycles. The van der Waals surface area contributed by atoms with Gasteiger partial charge in [0.25, 0.3) is 11.8 Å². The van der Waals surface area contributed by atoms with Gasteiger partial charge in [-0.25, -0.2) is 0 Å². The maximum atomic E-state index is 12.8. The molecule has 8 heteroatoms. The van der Waals surface area contributed by atoms with Crippen molar-refractivity contribution in [2.45, 2.75) is 19.4 Å². The number of carbonyl (C=O) groups excluding carboxylic acids is 3. The zero-order valence-electron chi connectivity index (χ0n) is 17.6. The third-order valence-corrected chi connectivity index (χ3v) is 6.41. The van der Waals surface area contributed by atoms with Gasteiger partial charge in [0, 0.05) is 50.2 Å². The molecule has 0 unspecified atom stereocenters. The van der Waals surface area contributed by atoms with Crippen LogP contribution in [-0.4, -0.2) is 65.1 Å².